The molecule has 8 rings (SSSR count). The molecule has 2 N–H and O–H groups in total. The van der Waals surface area contributed by atoms with Gasteiger partial charge in [0.25, 0.3) is 5.91 Å². The van der Waals surface area contributed by atoms with E-state index in [-0.39, 0.29) is 41.8 Å². The van der Waals surface area contributed by atoms with E-state index in [1.54, 1.807) is 25.1 Å². The number of hydrogen-bond acceptors (Lipinski definition) is 9. The van der Waals surface area contributed by atoms with Gasteiger partial charge in [0, 0.05) is 42.7 Å². The quantitative estimate of drug-likeness (QED) is 0.407. The van der Waals surface area contributed by atoms with Crippen LogP contribution in [0.4, 0.5) is 10.5 Å². The van der Waals surface area contributed by atoms with Crippen LogP contribution in [0.5, 0.6) is 5.75 Å². The molecule has 3 fully saturated rings. The Morgan fingerprint density at radius 3 is 2.72 bits per heavy atom. The van der Waals surface area contributed by atoms with Gasteiger partial charge in [-0.15, -0.1) is 4.36 Å². The van der Waals surface area contributed by atoms with E-state index < -0.39 is 33.9 Å². The summed E-state index contributed by atoms with van der Waals surface area (Å²) in [6, 6.07) is 11.0. The Kier molecular flexibility index (Phi) is 9.81. The zero-order valence-electron chi connectivity index (χ0n) is 30.7. The number of hydrogen-bond donors (Lipinski definition) is 2. The van der Waals surface area contributed by atoms with Gasteiger partial charge in [-0.2, -0.15) is 0 Å². The largest absolute Gasteiger partial charge is 0.490 e. The third-order valence-corrected chi connectivity index (χ3v) is 14.5. The van der Waals surface area contributed by atoms with E-state index in [0.717, 1.165) is 49.4 Å². The molecule has 2 spiro atoms. The van der Waals surface area contributed by atoms with Gasteiger partial charge < -0.3 is 29.1 Å². The molecule has 2 aromatic carbocycles. The number of fused-ring (bicyclic) bond motifs is 4. The summed E-state index contributed by atoms with van der Waals surface area (Å²) in [6.45, 7) is 4.83. The van der Waals surface area contributed by atoms with Crippen molar-refractivity contribution in [3.8, 4) is 5.75 Å². The topological polar surface area (TPSA) is 133 Å². The van der Waals surface area contributed by atoms with E-state index in [2.05, 4.69) is 38.3 Å². The zero-order chi connectivity index (χ0) is 37.1. The Labute approximate surface area is 317 Å². The van der Waals surface area contributed by atoms with Crippen molar-refractivity contribution in [3.63, 3.8) is 0 Å². The van der Waals surface area contributed by atoms with E-state index in [0.29, 0.717) is 43.7 Å². The van der Waals surface area contributed by atoms with E-state index in [1.807, 2.05) is 25.1 Å². The Hall–Kier alpha value is -3.20. The standard InChI is InChI=1S/C39H50ClN5O7S/c1-25-6-4-8-33(50-3)30-12-9-28(30)18-44-20-38(15-5-7-26-16-29(40)11-13-31(26)38)24-51-34-14-10-27(17-32(34)44)35(46)41-53(49,19-25)42-36(47)45-22-39(23-45)21-43(2)37(48)52-39/h4,8,10-11,13-14,16-17,25,28,30,33,37,48H,5-7,9,12,15,18-24H2,1-3H3,(H,41,42,46,47,49)/b8-4+/t25-,28-,30+,33-,37?,38-,53?/m0/s1. The molecule has 4 aliphatic heterocycles. The molecule has 53 heavy (non-hydrogen) atoms. The number of methoxy groups -OCH3 is 1. The third kappa shape index (κ3) is 7.09. The first-order chi connectivity index (χ1) is 25.4. The fraction of sp³-hybridized carbons (Fsp3) is 0.590. The van der Waals surface area contributed by atoms with Gasteiger partial charge in [-0.25, -0.2) is 9.00 Å². The van der Waals surface area contributed by atoms with Gasteiger partial charge in [0.1, 0.15) is 21.3 Å². The number of carbonyl (C=O) groups is 2. The molecule has 14 heteroatoms. The molecular weight excluding hydrogens is 718 g/mol. The number of amides is 3. The Bertz CT molecular complexity index is 1920. The third-order valence-electron chi connectivity index (χ3n) is 12.3. The SMILES string of the molecule is CO[C@H]1/C=C/C[C@H](C)CS(=O)(NC(=O)N2CC3(C2)CN(C)C(O)O3)=NC(=O)c2ccc3c(c2)N(C[C@@H]2CC[C@H]21)C[C@@]1(CCCc2cc(Cl)ccc21)CO3. The number of urea groups is 1. The highest BCUT2D eigenvalue weighted by Crippen LogP contribution is 2.47. The van der Waals surface area contributed by atoms with E-state index in [4.69, 9.17) is 25.8 Å². The number of aliphatic hydroxyl groups excluding tert-OH is 1. The highest BCUT2D eigenvalue weighted by Gasteiger charge is 2.53. The van der Waals surface area contributed by atoms with Crippen LogP contribution in [0.1, 0.15) is 60.5 Å². The minimum Gasteiger partial charge on any atom is -0.490 e. The van der Waals surface area contributed by atoms with Crippen molar-refractivity contribution < 1.29 is 33.1 Å². The summed E-state index contributed by atoms with van der Waals surface area (Å²) in [5, 5.41) is 10.8. The van der Waals surface area contributed by atoms with Gasteiger partial charge in [-0.1, -0.05) is 36.7 Å². The van der Waals surface area contributed by atoms with Crippen LogP contribution in [0, 0.1) is 17.8 Å². The van der Waals surface area contributed by atoms with Crippen LogP contribution in [0.3, 0.4) is 0 Å². The van der Waals surface area contributed by atoms with Gasteiger partial charge in [0.2, 0.25) is 6.41 Å². The van der Waals surface area contributed by atoms with Crippen LogP contribution in [0.15, 0.2) is 52.9 Å². The van der Waals surface area contributed by atoms with Crippen molar-refractivity contribution in [1.29, 1.82) is 0 Å². The van der Waals surface area contributed by atoms with Crippen molar-refractivity contribution in [2.75, 3.05) is 64.1 Å². The number of carbonyl (C=O) groups excluding carboxylic acids is 2. The molecule has 2 unspecified atom stereocenters. The molecule has 7 atom stereocenters. The highest BCUT2D eigenvalue weighted by molar-refractivity contribution is 7.92. The minimum atomic E-state index is -3.56. The lowest BCUT2D eigenvalue weighted by Gasteiger charge is -2.46. The molecule has 2 bridgehead atoms. The first kappa shape index (κ1) is 36.8. The Balaban J connectivity index is 1.14. The summed E-state index contributed by atoms with van der Waals surface area (Å²) >= 11 is 6.46. The fourth-order valence-corrected chi connectivity index (χ4v) is 11.5. The van der Waals surface area contributed by atoms with Crippen molar-refractivity contribution in [3.05, 3.63) is 70.3 Å². The molecule has 2 aromatic rings. The van der Waals surface area contributed by atoms with Gasteiger partial charge in [0.05, 0.1) is 37.2 Å². The molecule has 286 valence electrons. The number of aryl methyl sites for hydroxylation is 1. The second-order valence-electron chi connectivity index (χ2n) is 16.3. The molecule has 0 radical (unpaired) electrons. The molecule has 0 aromatic heterocycles. The normalized spacial score (nSPS) is 34.5. The summed E-state index contributed by atoms with van der Waals surface area (Å²) in [4.78, 5) is 33.1. The second kappa shape index (κ2) is 14.1. The molecule has 2 aliphatic carbocycles. The first-order valence-corrected chi connectivity index (χ1v) is 20.9. The maximum absolute atomic E-state index is 14.6. The summed E-state index contributed by atoms with van der Waals surface area (Å²) < 4.78 is 40.0. The number of nitrogens with zero attached hydrogens (tertiary/aromatic N) is 4. The van der Waals surface area contributed by atoms with E-state index in [1.165, 1.54) is 16.0 Å². The first-order valence-electron chi connectivity index (χ1n) is 18.8. The fourth-order valence-electron chi connectivity index (χ4n) is 9.42. The number of ether oxygens (including phenoxy) is 3. The van der Waals surface area contributed by atoms with Gasteiger partial charge in [-0.3, -0.25) is 14.4 Å². The summed E-state index contributed by atoms with van der Waals surface area (Å²) in [5.74, 6) is 0.565. The van der Waals surface area contributed by atoms with Crippen LogP contribution in [0.2, 0.25) is 5.02 Å². The van der Waals surface area contributed by atoms with Crippen LogP contribution in [-0.2, 0) is 31.2 Å². The molecule has 3 amide bonds. The van der Waals surface area contributed by atoms with Crippen LogP contribution in [0.25, 0.3) is 0 Å². The van der Waals surface area contributed by atoms with Gasteiger partial charge >= 0.3 is 6.03 Å². The minimum absolute atomic E-state index is 0.0123. The number of benzene rings is 2. The van der Waals surface area contributed by atoms with Crippen molar-refractivity contribution in [2.24, 2.45) is 22.1 Å². The monoisotopic (exact) mass is 767 g/mol. The Morgan fingerprint density at radius 1 is 1.15 bits per heavy atom. The lowest BCUT2D eigenvalue weighted by atomic mass is 9.68. The van der Waals surface area contributed by atoms with Crippen LogP contribution < -0.4 is 14.4 Å². The summed E-state index contributed by atoms with van der Waals surface area (Å²) in [7, 11) is -0.0540. The molecule has 4 heterocycles. The number of likely N-dealkylation sites (tertiary alicyclic amines) is 1. The maximum Gasteiger partial charge on any atom is 0.330 e. The Morgan fingerprint density at radius 2 is 1.98 bits per heavy atom. The lowest BCUT2D eigenvalue weighted by molar-refractivity contribution is -0.198. The smallest absolute Gasteiger partial charge is 0.330 e. The number of allylic oxidation sites excluding steroid dienone is 1. The predicted molar refractivity (Wildman–Crippen MR) is 202 cm³/mol. The number of likely N-dealkylation sites (N-methyl/N-ethyl adjacent to an activating group) is 1. The average molecular weight is 768 g/mol. The maximum atomic E-state index is 14.6. The number of nitrogens with one attached hydrogen (secondary N) is 1. The molecule has 6 aliphatic rings. The van der Waals surface area contributed by atoms with Crippen molar-refractivity contribution in [1.82, 2.24) is 14.5 Å². The number of anilines is 1. The summed E-state index contributed by atoms with van der Waals surface area (Å²) in [6.07, 6.45) is 8.76. The zero-order valence-corrected chi connectivity index (χ0v) is 32.2. The van der Waals surface area contributed by atoms with E-state index in [9.17, 15) is 18.9 Å². The van der Waals surface area contributed by atoms with Gasteiger partial charge in [-0.05, 0) is 105 Å². The average Bonchev–Trinajstić information content (AvgIpc) is 3.31. The predicted octanol–water partition coefficient (Wildman–Crippen LogP) is 4.98. The number of rotatable bonds is 2. The van der Waals surface area contributed by atoms with E-state index >= 15 is 0 Å². The molecule has 12 nitrogen and oxygen atoms in total. The second-order valence-corrected chi connectivity index (χ2v) is 18.7. The molecule has 1 saturated carbocycles. The molecular formula is C39H50ClN5O7S. The van der Waals surface area contributed by atoms with Gasteiger partial charge in [0.15, 0.2) is 0 Å². The lowest BCUT2D eigenvalue weighted by Crippen LogP contribution is -2.67. The van der Waals surface area contributed by atoms with Crippen molar-refractivity contribution in [2.45, 2.75) is 69.0 Å². The number of aliphatic hydroxyl groups is 1. The van der Waals surface area contributed by atoms with Crippen LogP contribution in [-0.4, -0.2) is 108 Å². The highest BCUT2D eigenvalue weighted by atomic mass is 35.5. The van der Waals surface area contributed by atoms with Crippen molar-refractivity contribution >= 4 is 39.1 Å². The van der Waals surface area contributed by atoms with Crippen LogP contribution >= 0.6 is 11.6 Å². The number of halogens is 1. The molecule has 2 saturated heterocycles. The summed E-state index contributed by atoms with van der Waals surface area (Å²) in [5.41, 5.74) is 2.67.